The lowest BCUT2D eigenvalue weighted by atomic mass is 10.0. The fourth-order valence-corrected chi connectivity index (χ4v) is 2.33. The molecule has 2 atom stereocenters. The van der Waals surface area contributed by atoms with Crippen LogP contribution < -0.4 is 5.32 Å². The number of hydrogen-bond donors (Lipinski definition) is 1. The van der Waals surface area contributed by atoms with Crippen molar-refractivity contribution in [3.63, 3.8) is 0 Å². The Kier molecular flexibility index (Phi) is 3.10. The summed E-state index contributed by atoms with van der Waals surface area (Å²) in [6, 6.07) is 10.3. The molecule has 0 heterocycles. The quantitative estimate of drug-likeness (QED) is 0.778. The van der Waals surface area contributed by atoms with Crippen molar-refractivity contribution < 1.29 is 0 Å². The standard InChI is InChI=1S/C14H19N/c1-11-8-9-13(10-11)12(2)15-14-6-4-3-5-7-14/h3-7,11,13,15H,2,8-10H2,1H3. The molecule has 1 N–H and O–H groups in total. The van der Waals surface area contributed by atoms with Gasteiger partial charge in [-0.15, -0.1) is 0 Å². The molecule has 0 aromatic heterocycles. The second-order valence-corrected chi connectivity index (χ2v) is 4.63. The van der Waals surface area contributed by atoms with Crippen LogP contribution in [0.1, 0.15) is 26.2 Å². The Hall–Kier alpha value is -1.24. The highest BCUT2D eigenvalue weighted by molar-refractivity contribution is 5.47. The maximum absolute atomic E-state index is 4.16. The maximum atomic E-state index is 4.16. The van der Waals surface area contributed by atoms with Crippen LogP contribution in [0.2, 0.25) is 0 Å². The number of nitrogens with one attached hydrogen (secondary N) is 1. The number of rotatable bonds is 3. The van der Waals surface area contributed by atoms with Gasteiger partial charge in [0.1, 0.15) is 0 Å². The zero-order valence-corrected chi connectivity index (χ0v) is 9.37. The van der Waals surface area contributed by atoms with Gasteiger partial charge in [0.05, 0.1) is 0 Å². The van der Waals surface area contributed by atoms with Gasteiger partial charge in [-0.3, -0.25) is 0 Å². The highest BCUT2D eigenvalue weighted by Crippen LogP contribution is 2.34. The zero-order chi connectivity index (χ0) is 10.7. The molecule has 1 heteroatoms. The third kappa shape index (κ3) is 2.62. The third-order valence-electron chi connectivity index (χ3n) is 3.27. The summed E-state index contributed by atoms with van der Waals surface area (Å²) in [5.41, 5.74) is 2.34. The lowest BCUT2D eigenvalue weighted by Crippen LogP contribution is -2.07. The van der Waals surface area contributed by atoms with Gasteiger partial charge in [-0.25, -0.2) is 0 Å². The van der Waals surface area contributed by atoms with Crippen LogP contribution in [0.4, 0.5) is 5.69 Å². The minimum absolute atomic E-state index is 0.667. The summed E-state index contributed by atoms with van der Waals surface area (Å²) in [6.45, 7) is 6.48. The van der Waals surface area contributed by atoms with E-state index >= 15 is 0 Å². The van der Waals surface area contributed by atoms with Gasteiger partial charge < -0.3 is 5.32 Å². The molecule has 2 rings (SSSR count). The largest absolute Gasteiger partial charge is 0.359 e. The van der Waals surface area contributed by atoms with Gasteiger partial charge in [0.25, 0.3) is 0 Å². The van der Waals surface area contributed by atoms with Crippen LogP contribution in [0.25, 0.3) is 0 Å². The first kappa shape index (κ1) is 10.3. The summed E-state index contributed by atoms with van der Waals surface area (Å²) in [4.78, 5) is 0. The van der Waals surface area contributed by atoms with Crippen molar-refractivity contribution in [2.75, 3.05) is 5.32 Å². The summed E-state index contributed by atoms with van der Waals surface area (Å²) in [6.07, 6.45) is 3.93. The van der Waals surface area contributed by atoms with Crippen LogP contribution in [0, 0.1) is 11.8 Å². The molecule has 15 heavy (non-hydrogen) atoms. The van der Waals surface area contributed by atoms with E-state index in [1.807, 2.05) is 18.2 Å². The Labute approximate surface area is 92.2 Å². The van der Waals surface area contributed by atoms with Crippen molar-refractivity contribution in [2.24, 2.45) is 11.8 Å². The molecule has 1 aromatic rings. The molecule has 2 unspecified atom stereocenters. The smallest absolute Gasteiger partial charge is 0.0381 e. The fourth-order valence-electron chi connectivity index (χ4n) is 2.33. The summed E-state index contributed by atoms with van der Waals surface area (Å²) in [7, 11) is 0. The summed E-state index contributed by atoms with van der Waals surface area (Å²) in [5, 5.41) is 3.41. The van der Waals surface area contributed by atoms with E-state index < -0.39 is 0 Å². The number of hydrogen-bond acceptors (Lipinski definition) is 1. The number of para-hydroxylation sites is 1. The van der Waals surface area contributed by atoms with Crippen LogP contribution in [-0.4, -0.2) is 0 Å². The Morgan fingerprint density at radius 3 is 2.60 bits per heavy atom. The molecular formula is C14H19N. The van der Waals surface area contributed by atoms with Crippen molar-refractivity contribution in [3.05, 3.63) is 42.6 Å². The van der Waals surface area contributed by atoms with Crippen molar-refractivity contribution in [1.29, 1.82) is 0 Å². The van der Waals surface area contributed by atoms with Crippen molar-refractivity contribution >= 4 is 5.69 Å². The average Bonchev–Trinajstić information content (AvgIpc) is 2.66. The zero-order valence-electron chi connectivity index (χ0n) is 9.37. The average molecular weight is 201 g/mol. The fraction of sp³-hybridized carbons (Fsp3) is 0.429. The Morgan fingerprint density at radius 1 is 1.27 bits per heavy atom. The molecule has 0 bridgehead atoms. The SMILES string of the molecule is C=C(Nc1ccccc1)C1CCC(C)C1. The molecule has 1 nitrogen and oxygen atoms in total. The minimum atomic E-state index is 0.667. The van der Waals surface area contributed by atoms with Crippen molar-refractivity contribution in [2.45, 2.75) is 26.2 Å². The van der Waals surface area contributed by atoms with Crippen LogP contribution >= 0.6 is 0 Å². The van der Waals surface area contributed by atoms with E-state index in [9.17, 15) is 0 Å². The molecule has 0 amide bonds. The molecule has 1 fully saturated rings. The number of benzene rings is 1. The van der Waals surface area contributed by atoms with Gasteiger partial charge in [0.2, 0.25) is 0 Å². The first-order chi connectivity index (χ1) is 7.25. The van der Waals surface area contributed by atoms with Crippen LogP contribution in [0.15, 0.2) is 42.6 Å². The van der Waals surface area contributed by atoms with Crippen molar-refractivity contribution in [1.82, 2.24) is 0 Å². The lowest BCUT2D eigenvalue weighted by Gasteiger charge is -2.15. The van der Waals surface area contributed by atoms with E-state index in [4.69, 9.17) is 0 Å². The Bertz CT molecular complexity index is 328. The number of allylic oxidation sites excluding steroid dienone is 1. The molecule has 0 radical (unpaired) electrons. The van der Waals surface area contributed by atoms with Gasteiger partial charge in [-0.2, -0.15) is 0 Å². The van der Waals surface area contributed by atoms with Gasteiger partial charge in [-0.05, 0) is 36.8 Å². The highest BCUT2D eigenvalue weighted by atomic mass is 14.9. The van der Waals surface area contributed by atoms with E-state index in [1.165, 1.54) is 25.0 Å². The van der Waals surface area contributed by atoms with E-state index in [0.717, 1.165) is 11.6 Å². The van der Waals surface area contributed by atoms with Gasteiger partial charge in [-0.1, -0.05) is 38.1 Å². The second-order valence-electron chi connectivity index (χ2n) is 4.63. The van der Waals surface area contributed by atoms with E-state index in [1.54, 1.807) is 0 Å². The molecule has 0 spiro atoms. The first-order valence-corrected chi connectivity index (χ1v) is 5.76. The Balaban J connectivity index is 1.93. The second kappa shape index (κ2) is 4.52. The monoisotopic (exact) mass is 201 g/mol. The summed E-state index contributed by atoms with van der Waals surface area (Å²) in [5.74, 6) is 1.53. The molecule has 1 aliphatic carbocycles. The predicted octanol–water partition coefficient (Wildman–Crippen LogP) is 4.05. The predicted molar refractivity (Wildman–Crippen MR) is 65.7 cm³/mol. The van der Waals surface area contributed by atoms with Crippen LogP contribution in [0.3, 0.4) is 0 Å². The van der Waals surface area contributed by atoms with Crippen LogP contribution in [-0.2, 0) is 0 Å². The number of anilines is 1. The van der Waals surface area contributed by atoms with Gasteiger partial charge in [0.15, 0.2) is 0 Å². The molecule has 1 aliphatic rings. The topological polar surface area (TPSA) is 12.0 Å². The Morgan fingerprint density at radius 2 is 2.00 bits per heavy atom. The lowest BCUT2D eigenvalue weighted by molar-refractivity contribution is 0.574. The molecular weight excluding hydrogens is 182 g/mol. The first-order valence-electron chi connectivity index (χ1n) is 5.76. The van der Waals surface area contributed by atoms with E-state index in [0.29, 0.717) is 5.92 Å². The summed E-state index contributed by atoms with van der Waals surface area (Å²) >= 11 is 0. The van der Waals surface area contributed by atoms with Gasteiger partial charge in [0, 0.05) is 11.4 Å². The molecule has 1 saturated carbocycles. The molecule has 0 saturated heterocycles. The highest BCUT2D eigenvalue weighted by Gasteiger charge is 2.23. The normalized spacial score (nSPS) is 25.1. The van der Waals surface area contributed by atoms with E-state index in [2.05, 4.69) is 31.0 Å². The van der Waals surface area contributed by atoms with Crippen LogP contribution in [0.5, 0.6) is 0 Å². The molecule has 80 valence electrons. The van der Waals surface area contributed by atoms with Gasteiger partial charge >= 0.3 is 0 Å². The minimum Gasteiger partial charge on any atom is -0.359 e. The van der Waals surface area contributed by atoms with Crippen molar-refractivity contribution in [3.8, 4) is 0 Å². The molecule has 1 aromatic carbocycles. The third-order valence-corrected chi connectivity index (χ3v) is 3.27. The molecule has 0 aliphatic heterocycles. The van der Waals surface area contributed by atoms with E-state index in [-0.39, 0.29) is 0 Å². The summed E-state index contributed by atoms with van der Waals surface area (Å²) < 4.78 is 0. The maximum Gasteiger partial charge on any atom is 0.0381 e.